The second-order valence-corrected chi connectivity index (χ2v) is 2.35. The third-order valence-electron chi connectivity index (χ3n) is 1.14. The third-order valence-corrected chi connectivity index (χ3v) is 1.14. The molecule has 0 bridgehead atoms. The molecule has 0 aromatic carbocycles. The summed E-state index contributed by atoms with van der Waals surface area (Å²) >= 11 is 0. The fourth-order valence-electron chi connectivity index (χ4n) is 0.373. The minimum atomic E-state index is -0.842. The maximum Gasteiger partial charge on any atom is 0.116 e. The molecule has 2 N–H and O–H groups in total. The molecule has 0 radical (unpaired) electrons. The van der Waals surface area contributed by atoms with Gasteiger partial charge in [0, 0.05) is 0 Å². The summed E-state index contributed by atoms with van der Waals surface area (Å²) in [6.07, 6.45) is -0.842. The SMILES string of the molecule is C=C(C)C(=C)OCC(O)CO. The van der Waals surface area contributed by atoms with Gasteiger partial charge in [0.1, 0.15) is 18.5 Å². The van der Waals surface area contributed by atoms with Crippen LogP contribution in [0.5, 0.6) is 0 Å². The fourth-order valence-corrected chi connectivity index (χ4v) is 0.373. The van der Waals surface area contributed by atoms with Crippen LogP contribution in [0.1, 0.15) is 6.92 Å². The van der Waals surface area contributed by atoms with E-state index in [0.29, 0.717) is 5.76 Å². The van der Waals surface area contributed by atoms with Gasteiger partial charge in [-0.2, -0.15) is 0 Å². The minimum Gasteiger partial charge on any atom is -0.491 e. The fraction of sp³-hybridized carbons (Fsp3) is 0.500. The van der Waals surface area contributed by atoms with Crippen LogP contribution in [-0.4, -0.2) is 29.5 Å². The molecule has 0 aliphatic rings. The Labute approximate surface area is 66.6 Å². The van der Waals surface area contributed by atoms with Crippen molar-refractivity contribution in [3.8, 4) is 0 Å². The molecule has 0 fully saturated rings. The van der Waals surface area contributed by atoms with Crippen molar-refractivity contribution < 1.29 is 14.9 Å². The first-order valence-corrected chi connectivity index (χ1v) is 3.34. The summed E-state index contributed by atoms with van der Waals surface area (Å²) in [5, 5.41) is 17.2. The van der Waals surface area contributed by atoms with Crippen molar-refractivity contribution in [3.63, 3.8) is 0 Å². The molecule has 0 saturated heterocycles. The Balaban J connectivity index is 3.54. The predicted molar refractivity (Wildman–Crippen MR) is 43.0 cm³/mol. The lowest BCUT2D eigenvalue weighted by Crippen LogP contribution is -2.19. The highest BCUT2D eigenvalue weighted by Gasteiger charge is 2.03. The van der Waals surface area contributed by atoms with Crippen LogP contribution in [-0.2, 0) is 4.74 Å². The van der Waals surface area contributed by atoms with Crippen LogP contribution in [0.3, 0.4) is 0 Å². The molecule has 0 rings (SSSR count). The maximum absolute atomic E-state index is 8.84. The molecule has 0 amide bonds. The molecule has 0 aliphatic carbocycles. The van der Waals surface area contributed by atoms with Crippen molar-refractivity contribution >= 4 is 0 Å². The number of hydrogen-bond donors (Lipinski definition) is 2. The van der Waals surface area contributed by atoms with Gasteiger partial charge in [0.15, 0.2) is 0 Å². The van der Waals surface area contributed by atoms with E-state index in [1.165, 1.54) is 0 Å². The smallest absolute Gasteiger partial charge is 0.116 e. The standard InChI is InChI=1S/C8H14O3/c1-6(2)7(3)11-5-8(10)4-9/h8-10H,1,3-5H2,2H3. The van der Waals surface area contributed by atoms with Crippen molar-refractivity contribution in [3.05, 3.63) is 24.5 Å². The number of ether oxygens (including phenoxy) is 1. The number of allylic oxidation sites excluding steroid dienone is 1. The number of rotatable bonds is 5. The first-order valence-electron chi connectivity index (χ1n) is 3.34. The summed E-state index contributed by atoms with van der Waals surface area (Å²) in [5.41, 5.74) is 0.718. The summed E-state index contributed by atoms with van der Waals surface area (Å²) < 4.78 is 4.95. The van der Waals surface area contributed by atoms with Crippen LogP contribution < -0.4 is 0 Å². The quantitative estimate of drug-likeness (QED) is 0.451. The van der Waals surface area contributed by atoms with E-state index in [4.69, 9.17) is 14.9 Å². The molecular weight excluding hydrogens is 144 g/mol. The molecule has 0 saturated carbocycles. The van der Waals surface area contributed by atoms with Crippen LogP contribution in [0.2, 0.25) is 0 Å². The van der Waals surface area contributed by atoms with Gasteiger partial charge in [0.05, 0.1) is 6.61 Å². The summed E-state index contributed by atoms with van der Waals surface area (Å²) in [6.45, 7) is 8.65. The molecular formula is C8H14O3. The van der Waals surface area contributed by atoms with Gasteiger partial charge in [-0.05, 0) is 12.5 Å². The summed E-state index contributed by atoms with van der Waals surface area (Å²) in [4.78, 5) is 0. The summed E-state index contributed by atoms with van der Waals surface area (Å²) in [7, 11) is 0. The van der Waals surface area contributed by atoms with E-state index in [2.05, 4.69) is 13.2 Å². The zero-order valence-electron chi connectivity index (χ0n) is 6.71. The van der Waals surface area contributed by atoms with Gasteiger partial charge in [-0.15, -0.1) is 0 Å². The van der Waals surface area contributed by atoms with Gasteiger partial charge < -0.3 is 14.9 Å². The third kappa shape index (κ3) is 4.58. The Morgan fingerprint density at radius 3 is 2.45 bits per heavy atom. The molecule has 0 aliphatic heterocycles. The normalized spacial score (nSPS) is 12.3. The van der Waals surface area contributed by atoms with Crippen molar-refractivity contribution in [2.45, 2.75) is 13.0 Å². The molecule has 0 aromatic heterocycles. The van der Waals surface area contributed by atoms with Crippen molar-refractivity contribution in [1.29, 1.82) is 0 Å². The van der Waals surface area contributed by atoms with Gasteiger partial charge in [0.2, 0.25) is 0 Å². The molecule has 64 valence electrons. The van der Waals surface area contributed by atoms with Gasteiger partial charge in [0.25, 0.3) is 0 Å². The monoisotopic (exact) mass is 158 g/mol. The molecule has 3 nitrogen and oxygen atoms in total. The van der Waals surface area contributed by atoms with E-state index in [-0.39, 0.29) is 13.2 Å². The zero-order valence-corrected chi connectivity index (χ0v) is 6.71. The van der Waals surface area contributed by atoms with Crippen molar-refractivity contribution in [2.75, 3.05) is 13.2 Å². The largest absolute Gasteiger partial charge is 0.491 e. The first-order chi connectivity index (χ1) is 5.07. The van der Waals surface area contributed by atoms with E-state index in [1.807, 2.05) is 0 Å². The topological polar surface area (TPSA) is 49.7 Å². The number of aliphatic hydroxyl groups is 2. The molecule has 1 atom stereocenters. The van der Waals surface area contributed by atoms with Crippen LogP contribution in [0.25, 0.3) is 0 Å². The molecule has 0 aromatic rings. The van der Waals surface area contributed by atoms with Gasteiger partial charge >= 0.3 is 0 Å². The van der Waals surface area contributed by atoms with Crippen LogP contribution in [0, 0.1) is 0 Å². The second-order valence-electron chi connectivity index (χ2n) is 2.35. The number of hydrogen-bond acceptors (Lipinski definition) is 3. The highest BCUT2D eigenvalue weighted by Crippen LogP contribution is 2.05. The highest BCUT2D eigenvalue weighted by molar-refractivity contribution is 5.15. The molecule has 0 heterocycles. The molecule has 1 unspecified atom stereocenters. The van der Waals surface area contributed by atoms with E-state index < -0.39 is 6.10 Å². The average Bonchev–Trinajstić information content (AvgIpc) is 1.99. The van der Waals surface area contributed by atoms with Gasteiger partial charge in [-0.3, -0.25) is 0 Å². The molecule has 11 heavy (non-hydrogen) atoms. The Kier molecular flexibility index (Phi) is 4.57. The number of aliphatic hydroxyl groups excluding tert-OH is 2. The Morgan fingerprint density at radius 2 is 2.09 bits per heavy atom. The van der Waals surface area contributed by atoms with Crippen LogP contribution in [0.15, 0.2) is 24.5 Å². The summed E-state index contributed by atoms with van der Waals surface area (Å²) in [6, 6.07) is 0. The molecule has 3 heteroatoms. The van der Waals surface area contributed by atoms with Crippen LogP contribution >= 0.6 is 0 Å². The first kappa shape index (κ1) is 10.2. The Bertz CT molecular complexity index is 151. The van der Waals surface area contributed by atoms with Crippen molar-refractivity contribution in [2.24, 2.45) is 0 Å². The van der Waals surface area contributed by atoms with E-state index in [9.17, 15) is 0 Å². The van der Waals surface area contributed by atoms with E-state index >= 15 is 0 Å². The Hall–Kier alpha value is -0.800. The average molecular weight is 158 g/mol. The lowest BCUT2D eigenvalue weighted by Gasteiger charge is -2.11. The van der Waals surface area contributed by atoms with E-state index in [0.717, 1.165) is 5.57 Å². The van der Waals surface area contributed by atoms with Crippen LogP contribution in [0.4, 0.5) is 0 Å². The Morgan fingerprint density at radius 1 is 1.55 bits per heavy atom. The van der Waals surface area contributed by atoms with Gasteiger partial charge in [-0.25, -0.2) is 0 Å². The van der Waals surface area contributed by atoms with E-state index in [1.54, 1.807) is 6.92 Å². The maximum atomic E-state index is 8.84. The lowest BCUT2D eigenvalue weighted by molar-refractivity contribution is 0.0324. The highest BCUT2D eigenvalue weighted by atomic mass is 16.5. The van der Waals surface area contributed by atoms with Gasteiger partial charge in [-0.1, -0.05) is 13.2 Å². The second kappa shape index (κ2) is 4.93. The van der Waals surface area contributed by atoms with Crippen molar-refractivity contribution in [1.82, 2.24) is 0 Å². The predicted octanol–water partition coefficient (Wildman–Crippen LogP) is 0.446. The molecule has 0 spiro atoms. The zero-order chi connectivity index (χ0) is 8.85. The lowest BCUT2D eigenvalue weighted by atomic mass is 10.3. The minimum absolute atomic E-state index is 0.0577. The summed E-state index contributed by atoms with van der Waals surface area (Å²) in [5.74, 6) is 0.442.